The van der Waals surface area contributed by atoms with Crippen molar-refractivity contribution in [3.63, 3.8) is 0 Å². The summed E-state index contributed by atoms with van der Waals surface area (Å²) in [4.78, 5) is 15.5. The molecule has 2 N–H and O–H groups in total. The van der Waals surface area contributed by atoms with Crippen molar-refractivity contribution >= 4 is 6.03 Å². The molecule has 0 aromatic carbocycles. The predicted molar refractivity (Wildman–Crippen MR) is 36.0 cm³/mol. The molecule has 0 spiro atoms. The van der Waals surface area contributed by atoms with Gasteiger partial charge in [-0.25, -0.2) is 4.79 Å². The largest absolute Gasteiger partial charge is 0.350 e. The minimum absolute atomic E-state index is 0.454. The summed E-state index contributed by atoms with van der Waals surface area (Å²) in [6.07, 6.45) is 4.66. The lowest BCUT2D eigenvalue weighted by Gasteiger charge is -2.14. The number of hydrogen-bond acceptors (Lipinski definition) is 2. The molecule has 1 aliphatic rings. The summed E-state index contributed by atoms with van der Waals surface area (Å²) in [6.45, 7) is 0.981. The van der Waals surface area contributed by atoms with Crippen molar-refractivity contribution in [3.8, 4) is 0 Å². The maximum atomic E-state index is 10.5. The second kappa shape index (κ2) is 3.22. The second-order valence-corrected chi connectivity index (χ2v) is 1.99. The Morgan fingerprint density at radius 2 is 2.40 bits per heavy atom. The average molecular weight is 142 g/mol. The Kier molecular flexibility index (Phi) is 2.28. The molecule has 1 aliphatic heterocycles. The lowest BCUT2D eigenvalue weighted by molar-refractivity contribution is -0.102. The molecule has 0 radical (unpaired) electrons. The standard InChI is InChI=1S/C6H10N2O2/c7-6(9)8-4-2-1-3-5-10-8/h1-2H,3-5H2,(H2,7,9). The summed E-state index contributed by atoms with van der Waals surface area (Å²) in [7, 11) is 0. The molecule has 4 heteroatoms. The molecule has 1 rings (SSSR count). The Morgan fingerprint density at radius 3 is 3.10 bits per heavy atom. The van der Waals surface area contributed by atoms with Crippen LogP contribution in [0.4, 0.5) is 4.79 Å². The van der Waals surface area contributed by atoms with Crippen LogP contribution in [-0.2, 0) is 4.84 Å². The molecule has 2 amide bonds. The smallest absolute Gasteiger partial charge is 0.339 e. The molecular formula is C6H10N2O2. The van der Waals surface area contributed by atoms with Crippen molar-refractivity contribution in [3.05, 3.63) is 12.2 Å². The van der Waals surface area contributed by atoms with E-state index in [4.69, 9.17) is 10.6 Å². The summed E-state index contributed by atoms with van der Waals surface area (Å²) in [6, 6.07) is -0.536. The highest BCUT2D eigenvalue weighted by Crippen LogP contribution is 1.98. The van der Waals surface area contributed by atoms with Gasteiger partial charge in [0.05, 0.1) is 13.2 Å². The van der Waals surface area contributed by atoms with Crippen molar-refractivity contribution < 1.29 is 9.63 Å². The third kappa shape index (κ3) is 1.73. The van der Waals surface area contributed by atoms with Crippen LogP contribution in [0, 0.1) is 0 Å². The number of nitrogens with two attached hydrogens (primary N) is 1. The van der Waals surface area contributed by atoms with Gasteiger partial charge in [-0.2, -0.15) is 5.06 Å². The fourth-order valence-corrected chi connectivity index (χ4v) is 0.725. The first-order chi connectivity index (χ1) is 4.80. The van der Waals surface area contributed by atoms with Crippen LogP contribution in [0.15, 0.2) is 12.2 Å². The van der Waals surface area contributed by atoms with Crippen LogP contribution in [0.2, 0.25) is 0 Å². The van der Waals surface area contributed by atoms with Gasteiger partial charge in [-0.1, -0.05) is 12.2 Å². The first-order valence-corrected chi connectivity index (χ1v) is 3.15. The third-order valence-electron chi connectivity index (χ3n) is 1.22. The zero-order chi connectivity index (χ0) is 7.40. The van der Waals surface area contributed by atoms with Crippen LogP contribution in [-0.4, -0.2) is 24.2 Å². The van der Waals surface area contributed by atoms with Gasteiger partial charge in [-0.3, -0.25) is 4.84 Å². The van der Waals surface area contributed by atoms with Gasteiger partial charge in [0.1, 0.15) is 0 Å². The van der Waals surface area contributed by atoms with E-state index in [0.29, 0.717) is 13.2 Å². The quantitative estimate of drug-likeness (QED) is 0.493. The molecule has 0 fully saturated rings. The summed E-state index contributed by atoms with van der Waals surface area (Å²) in [5.74, 6) is 0. The number of urea groups is 1. The van der Waals surface area contributed by atoms with Crippen molar-refractivity contribution in [1.29, 1.82) is 0 Å². The van der Waals surface area contributed by atoms with Gasteiger partial charge in [0, 0.05) is 0 Å². The molecule has 0 saturated carbocycles. The predicted octanol–water partition coefficient (Wildman–Crippen LogP) is 0.259. The van der Waals surface area contributed by atoms with E-state index in [1.807, 2.05) is 12.2 Å². The molecule has 0 aromatic rings. The van der Waals surface area contributed by atoms with Gasteiger partial charge in [-0.15, -0.1) is 0 Å². The highest BCUT2D eigenvalue weighted by molar-refractivity contribution is 5.70. The van der Waals surface area contributed by atoms with Crippen LogP contribution >= 0.6 is 0 Å². The minimum Gasteiger partial charge on any atom is -0.350 e. The lowest BCUT2D eigenvalue weighted by Crippen LogP contribution is -2.35. The molecule has 0 aliphatic carbocycles. The van der Waals surface area contributed by atoms with Gasteiger partial charge in [-0.05, 0) is 6.42 Å². The van der Waals surface area contributed by atoms with E-state index < -0.39 is 6.03 Å². The summed E-state index contributed by atoms with van der Waals surface area (Å²) < 4.78 is 0. The second-order valence-electron chi connectivity index (χ2n) is 1.99. The molecule has 56 valence electrons. The number of rotatable bonds is 0. The maximum Gasteiger partial charge on any atom is 0.339 e. The van der Waals surface area contributed by atoms with Gasteiger partial charge < -0.3 is 5.73 Å². The normalized spacial score (nSPS) is 18.6. The van der Waals surface area contributed by atoms with Gasteiger partial charge in [0.25, 0.3) is 0 Å². The molecule has 10 heavy (non-hydrogen) atoms. The summed E-state index contributed by atoms with van der Waals surface area (Å²) in [5, 5.41) is 1.14. The van der Waals surface area contributed by atoms with Crippen LogP contribution in [0.3, 0.4) is 0 Å². The van der Waals surface area contributed by atoms with Crippen molar-refractivity contribution in [2.45, 2.75) is 6.42 Å². The Morgan fingerprint density at radius 1 is 1.60 bits per heavy atom. The minimum atomic E-state index is -0.536. The number of primary amides is 1. The zero-order valence-corrected chi connectivity index (χ0v) is 5.62. The number of nitrogens with zero attached hydrogens (tertiary/aromatic N) is 1. The Labute approximate surface area is 59.2 Å². The molecule has 0 atom stereocenters. The molecule has 0 unspecified atom stereocenters. The fourth-order valence-electron chi connectivity index (χ4n) is 0.725. The van der Waals surface area contributed by atoms with Gasteiger partial charge in [0.2, 0.25) is 0 Å². The number of carbonyl (C=O) groups is 1. The number of hydroxylamine groups is 2. The van der Waals surface area contributed by atoms with Crippen LogP contribution in [0.1, 0.15) is 6.42 Å². The van der Waals surface area contributed by atoms with Crippen molar-refractivity contribution in [2.75, 3.05) is 13.2 Å². The number of hydrogen-bond donors (Lipinski definition) is 1. The zero-order valence-electron chi connectivity index (χ0n) is 5.62. The molecule has 4 nitrogen and oxygen atoms in total. The van der Waals surface area contributed by atoms with E-state index in [2.05, 4.69) is 0 Å². The highest BCUT2D eigenvalue weighted by Gasteiger charge is 2.08. The summed E-state index contributed by atoms with van der Waals surface area (Å²) >= 11 is 0. The Hall–Kier alpha value is -1.03. The Balaban J connectivity index is 2.45. The monoisotopic (exact) mass is 142 g/mol. The Bertz CT molecular complexity index is 156. The molecular weight excluding hydrogens is 132 g/mol. The summed E-state index contributed by atoms with van der Waals surface area (Å²) in [5.41, 5.74) is 4.96. The van der Waals surface area contributed by atoms with Crippen LogP contribution in [0.5, 0.6) is 0 Å². The first-order valence-electron chi connectivity index (χ1n) is 3.15. The van der Waals surface area contributed by atoms with E-state index in [9.17, 15) is 4.79 Å². The van der Waals surface area contributed by atoms with E-state index >= 15 is 0 Å². The van der Waals surface area contributed by atoms with E-state index in [0.717, 1.165) is 11.5 Å². The first kappa shape index (κ1) is 7.08. The van der Waals surface area contributed by atoms with E-state index in [-0.39, 0.29) is 0 Å². The SMILES string of the molecule is NC(=O)N1CC=CCCO1. The maximum absolute atomic E-state index is 10.5. The van der Waals surface area contributed by atoms with E-state index in [1.54, 1.807) is 0 Å². The van der Waals surface area contributed by atoms with Crippen molar-refractivity contribution in [1.82, 2.24) is 5.06 Å². The van der Waals surface area contributed by atoms with Crippen LogP contribution < -0.4 is 5.73 Å². The average Bonchev–Trinajstić information content (AvgIpc) is 2.12. The third-order valence-corrected chi connectivity index (χ3v) is 1.22. The molecule has 1 heterocycles. The number of carbonyl (C=O) groups excluding carboxylic acids is 1. The number of amides is 2. The fraction of sp³-hybridized carbons (Fsp3) is 0.500. The topological polar surface area (TPSA) is 55.6 Å². The molecule has 0 aromatic heterocycles. The molecule has 0 bridgehead atoms. The molecule has 0 saturated heterocycles. The lowest BCUT2D eigenvalue weighted by atomic mass is 10.4. The van der Waals surface area contributed by atoms with Gasteiger partial charge in [0.15, 0.2) is 0 Å². The van der Waals surface area contributed by atoms with Crippen molar-refractivity contribution in [2.24, 2.45) is 5.73 Å². The van der Waals surface area contributed by atoms with E-state index in [1.165, 1.54) is 0 Å². The van der Waals surface area contributed by atoms with Gasteiger partial charge >= 0.3 is 6.03 Å². The highest BCUT2D eigenvalue weighted by atomic mass is 16.7. The van der Waals surface area contributed by atoms with Crippen LogP contribution in [0.25, 0.3) is 0 Å².